The van der Waals surface area contributed by atoms with Crippen LogP contribution in [0.15, 0.2) is 59.7 Å². The van der Waals surface area contributed by atoms with Crippen molar-refractivity contribution in [3.63, 3.8) is 0 Å². The molecule has 29 heavy (non-hydrogen) atoms. The highest BCUT2D eigenvalue weighted by Gasteiger charge is 2.24. The van der Waals surface area contributed by atoms with E-state index in [1.54, 1.807) is 11.1 Å². The molecule has 1 fully saturated rings. The first-order chi connectivity index (χ1) is 13.9. The molecule has 1 amide bonds. The molecule has 1 aliphatic heterocycles. The molecule has 2 aromatic rings. The quantitative estimate of drug-likeness (QED) is 0.483. The van der Waals surface area contributed by atoms with Crippen molar-refractivity contribution in [2.45, 2.75) is 32.7 Å². The van der Waals surface area contributed by atoms with Crippen molar-refractivity contribution in [2.75, 3.05) is 32.7 Å². The third-order valence-corrected chi connectivity index (χ3v) is 5.55. The molecule has 1 saturated heterocycles. The molecule has 154 valence electrons. The van der Waals surface area contributed by atoms with E-state index in [0.29, 0.717) is 6.54 Å². The lowest BCUT2D eigenvalue weighted by molar-refractivity contribution is -1.02. The van der Waals surface area contributed by atoms with Gasteiger partial charge in [-0.3, -0.25) is 4.79 Å². The fraction of sp³-hybridized carbons (Fsp3) is 0.417. The van der Waals surface area contributed by atoms with Crippen molar-refractivity contribution < 1.29 is 14.6 Å². The molecule has 5 heteroatoms. The zero-order valence-corrected chi connectivity index (χ0v) is 17.9. The number of carbonyl (C=O) groups excluding carboxylic acids is 1. The Kier molecular flexibility index (Phi) is 7.18. The fourth-order valence-corrected chi connectivity index (χ4v) is 3.71. The Morgan fingerprint density at radius 3 is 2.21 bits per heavy atom. The standard InChI is InChI=1S/C24H32N4O/c1-24(2,3)22-11-9-20(10-12-22)17-25-26-23(29)19-28-15-13-27(14-16-28)18-21-7-5-4-6-8-21/h4-12,17H,13-16,18-19H2,1-3H3,(H,26,29)/p+2. The average molecular weight is 395 g/mol. The van der Waals surface area contributed by atoms with E-state index in [9.17, 15) is 4.79 Å². The number of nitrogens with zero attached hydrogens (tertiary/aromatic N) is 1. The molecule has 0 bridgehead atoms. The van der Waals surface area contributed by atoms with Crippen LogP contribution < -0.4 is 15.2 Å². The second-order valence-electron chi connectivity index (χ2n) is 9.00. The van der Waals surface area contributed by atoms with Crippen LogP contribution in [0.25, 0.3) is 0 Å². The lowest BCUT2D eigenvalue weighted by atomic mass is 9.87. The summed E-state index contributed by atoms with van der Waals surface area (Å²) < 4.78 is 0. The van der Waals surface area contributed by atoms with Crippen molar-refractivity contribution in [3.05, 3.63) is 71.3 Å². The summed E-state index contributed by atoms with van der Waals surface area (Å²) in [6.07, 6.45) is 1.71. The molecule has 0 radical (unpaired) electrons. The summed E-state index contributed by atoms with van der Waals surface area (Å²) in [6, 6.07) is 18.9. The van der Waals surface area contributed by atoms with E-state index in [0.717, 1.165) is 38.3 Å². The van der Waals surface area contributed by atoms with Crippen molar-refractivity contribution in [1.82, 2.24) is 5.43 Å². The van der Waals surface area contributed by atoms with Crippen LogP contribution in [0, 0.1) is 0 Å². The van der Waals surface area contributed by atoms with Crippen LogP contribution in [0.2, 0.25) is 0 Å². The van der Waals surface area contributed by atoms with Gasteiger partial charge in [0.1, 0.15) is 32.7 Å². The first-order valence-corrected chi connectivity index (χ1v) is 10.5. The van der Waals surface area contributed by atoms with E-state index in [-0.39, 0.29) is 11.3 Å². The predicted octanol–water partition coefficient (Wildman–Crippen LogP) is 0.418. The number of hydrogen-bond acceptors (Lipinski definition) is 2. The SMILES string of the molecule is CC(C)(C)c1ccc(C=NNC(=O)C[NH+]2CC[NH+](Cc3ccccc3)CC2)cc1. The van der Waals surface area contributed by atoms with E-state index >= 15 is 0 Å². The zero-order valence-electron chi connectivity index (χ0n) is 17.9. The van der Waals surface area contributed by atoms with Gasteiger partial charge in [-0.15, -0.1) is 0 Å². The third-order valence-electron chi connectivity index (χ3n) is 5.55. The van der Waals surface area contributed by atoms with Gasteiger partial charge in [0.2, 0.25) is 0 Å². The lowest BCUT2D eigenvalue weighted by Gasteiger charge is -2.29. The molecule has 0 saturated carbocycles. The molecular weight excluding hydrogens is 360 g/mol. The maximum atomic E-state index is 12.2. The molecule has 1 heterocycles. The number of hydrogen-bond donors (Lipinski definition) is 3. The number of benzene rings is 2. The van der Waals surface area contributed by atoms with Gasteiger partial charge in [-0.1, -0.05) is 75.4 Å². The van der Waals surface area contributed by atoms with Crippen LogP contribution in [0.4, 0.5) is 0 Å². The van der Waals surface area contributed by atoms with Gasteiger partial charge >= 0.3 is 0 Å². The molecule has 3 rings (SSSR count). The van der Waals surface area contributed by atoms with E-state index in [1.165, 1.54) is 16.0 Å². The Balaban J connectivity index is 1.38. The molecule has 1 aliphatic rings. The van der Waals surface area contributed by atoms with Gasteiger partial charge in [0.15, 0.2) is 6.54 Å². The Labute approximate surface area is 174 Å². The maximum Gasteiger partial charge on any atom is 0.295 e. The summed E-state index contributed by atoms with van der Waals surface area (Å²) in [4.78, 5) is 15.1. The minimum absolute atomic E-state index is 0.0194. The zero-order chi connectivity index (χ0) is 20.7. The van der Waals surface area contributed by atoms with E-state index in [4.69, 9.17) is 0 Å². The summed E-state index contributed by atoms with van der Waals surface area (Å²) in [5, 5.41) is 4.13. The topological polar surface area (TPSA) is 50.3 Å². The summed E-state index contributed by atoms with van der Waals surface area (Å²) >= 11 is 0. The molecule has 0 atom stereocenters. The highest BCUT2D eigenvalue weighted by molar-refractivity contribution is 5.82. The number of carbonyl (C=O) groups is 1. The van der Waals surface area contributed by atoms with Gasteiger partial charge in [0.05, 0.1) is 6.21 Å². The number of hydrazone groups is 1. The van der Waals surface area contributed by atoms with E-state index in [1.807, 2.05) is 12.1 Å². The second-order valence-corrected chi connectivity index (χ2v) is 9.00. The number of amides is 1. The molecule has 3 N–H and O–H groups in total. The summed E-state index contributed by atoms with van der Waals surface area (Å²) in [6.45, 7) is 12.4. The van der Waals surface area contributed by atoms with Crippen molar-refractivity contribution in [3.8, 4) is 0 Å². The number of piperazine rings is 1. The van der Waals surface area contributed by atoms with Crippen LogP contribution in [-0.2, 0) is 16.8 Å². The molecule has 0 spiro atoms. The normalized spacial score (nSPS) is 20.0. The molecule has 5 nitrogen and oxygen atoms in total. The number of rotatable bonds is 6. The molecule has 0 unspecified atom stereocenters. The highest BCUT2D eigenvalue weighted by atomic mass is 16.2. The third kappa shape index (κ3) is 6.80. The summed E-state index contributed by atoms with van der Waals surface area (Å²) in [5.41, 5.74) is 6.48. The first kappa shape index (κ1) is 21.2. The fourth-order valence-electron chi connectivity index (χ4n) is 3.71. The van der Waals surface area contributed by atoms with Crippen molar-refractivity contribution in [1.29, 1.82) is 0 Å². The summed E-state index contributed by atoms with van der Waals surface area (Å²) in [7, 11) is 0. The monoisotopic (exact) mass is 394 g/mol. The van der Waals surface area contributed by atoms with E-state index in [2.05, 4.69) is 73.8 Å². The van der Waals surface area contributed by atoms with Crippen LogP contribution in [-0.4, -0.2) is 44.8 Å². The second kappa shape index (κ2) is 9.81. The van der Waals surface area contributed by atoms with Crippen molar-refractivity contribution >= 4 is 12.1 Å². The predicted molar refractivity (Wildman–Crippen MR) is 117 cm³/mol. The van der Waals surface area contributed by atoms with Gasteiger partial charge in [-0.05, 0) is 16.5 Å². The van der Waals surface area contributed by atoms with Crippen molar-refractivity contribution in [2.24, 2.45) is 5.10 Å². The van der Waals surface area contributed by atoms with Gasteiger partial charge < -0.3 is 9.80 Å². The average Bonchev–Trinajstić information content (AvgIpc) is 2.70. The summed E-state index contributed by atoms with van der Waals surface area (Å²) in [5.74, 6) is -0.0194. The molecular formula is C24H34N4O+2. The van der Waals surface area contributed by atoms with Crippen LogP contribution >= 0.6 is 0 Å². The van der Waals surface area contributed by atoms with Crippen LogP contribution in [0.5, 0.6) is 0 Å². The Morgan fingerprint density at radius 2 is 1.59 bits per heavy atom. The number of nitrogens with one attached hydrogen (secondary N) is 3. The maximum absolute atomic E-state index is 12.2. The molecule has 0 aromatic heterocycles. The Morgan fingerprint density at radius 1 is 0.966 bits per heavy atom. The highest BCUT2D eigenvalue weighted by Crippen LogP contribution is 2.21. The smallest absolute Gasteiger partial charge is 0.295 e. The van der Waals surface area contributed by atoms with Crippen LogP contribution in [0.3, 0.4) is 0 Å². The number of quaternary nitrogens is 2. The van der Waals surface area contributed by atoms with Gasteiger partial charge in [-0.25, -0.2) is 5.43 Å². The minimum Gasteiger partial charge on any atom is -0.322 e. The lowest BCUT2D eigenvalue weighted by Crippen LogP contribution is -3.28. The minimum atomic E-state index is -0.0194. The largest absolute Gasteiger partial charge is 0.322 e. The Hall–Kier alpha value is -2.50. The Bertz CT molecular complexity index is 801. The first-order valence-electron chi connectivity index (χ1n) is 10.5. The van der Waals surface area contributed by atoms with Gasteiger partial charge in [0, 0.05) is 5.56 Å². The van der Waals surface area contributed by atoms with Gasteiger partial charge in [-0.2, -0.15) is 5.10 Å². The molecule has 0 aliphatic carbocycles. The van der Waals surface area contributed by atoms with E-state index < -0.39 is 0 Å². The molecule has 2 aromatic carbocycles. The van der Waals surface area contributed by atoms with Gasteiger partial charge in [0.25, 0.3) is 5.91 Å². The van der Waals surface area contributed by atoms with Crippen LogP contribution in [0.1, 0.15) is 37.5 Å².